The van der Waals surface area contributed by atoms with E-state index in [2.05, 4.69) is 10.3 Å². The van der Waals surface area contributed by atoms with Gasteiger partial charge in [-0.25, -0.2) is 9.37 Å². The quantitative estimate of drug-likeness (QED) is 0.547. The molecule has 24 heavy (non-hydrogen) atoms. The van der Waals surface area contributed by atoms with Crippen LogP contribution in [0.2, 0.25) is 0 Å². The number of nitrogens with zero attached hydrogens (tertiary/aromatic N) is 1. The second kappa shape index (κ2) is 7.32. The minimum atomic E-state index is -4.57. The summed E-state index contributed by atoms with van der Waals surface area (Å²) in [6, 6.07) is 3.75. The smallest absolute Gasteiger partial charge is 0.416 e. The molecule has 0 aliphatic rings. The van der Waals surface area contributed by atoms with Crippen molar-refractivity contribution in [2.75, 3.05) is 11.9 Å². The highest BCUT2D eigenvalue weighted by Crippen LogP contribution is 2.30. The number of carbonyl (C=O) groups excluding carboxylic acids is 1. The fraction of sp³-hybridized carbons (Fsp3) is 0.200. The van der Waals surface area contributed by atoms with E-state index in [9.17, 15) is 22.4 Å². The van der Waals surface area contributed by atoms with Gasteiger partial charge in [0.2, 0.25) is 0 Å². The van der Waals surface area contributed by atoms with Crippen LogP contribution in [0.15, 0.2) is 30.5 Å². The molecular formula is C15H11F4IN2O2. The summed E-state index contributed by atoms with van der Waals surface area (Å²) in [6.45, 7) is 2.05. The van der Waals surface area contributed by atoms with Crippen LogP contribution >= 0.6 is 22.6 Å². The van der Waals surface area contributed by atoms with Crippen LogP contribution in [0.5, 0.6) is 5.75 Å². The first-order chi connectivity index (χ1) is 11.2. The Labute approximate surface area is 148 Å². The monoisotopic (exact) mass is 454 g/mol. The molecule has 0 bridgehead atoms. The van der Waals surface area contributed by atoms with Gasteiger partial charge in [-0.2, -0.15) is 13.2 Å². The summed E-state index contributed by atoms with van der Waals surface area (Å²) in [5, 5.41) is 2.15. The molecule has 1 aromatic heterocycles. The molecule has 1 heterocycles. The lowest BCUT2D eigenvalue weighted by molar-refractivity contribution is -0.137. The molecule has 0 aliphatic carbocycles. The van der Waals surface area contributed by atoms with Gasteiger partial charge < -0.3 is 10.1 Å². The molecule has 4 nitrogen and oxygen atoms in total. The van der Waals surface area contributed by atoms with Crippen LogP contribution in [0.3, 0.4) is 0 Å². The van der Waals surface area contributed by atoms with Crippen LogP contribution in [0.25, 0.3) is 0 Å². The number of halogens is 5. The number of amides is 1. The highest BCUT2D eigenvalue weighted by Gasteiger charge is 2.31. The summed E-state index contributed by atoms with van der Waals surface area (Å²) in [4.78, 5) is 15.8. The molecule has 0 saturated carbocycles. The molecule has 0 fully saturated rings. The predicted molar refractivity (Wildman–Crippen MR) is 87.5 cm³/mol. The van der Waals surface area contributed by atoms with E-state index in [0.29, 0.717) is 22.0 Å². The Hall–Kier alpha value is -1.91. The van der Waals surface area contributed by atoms with Crippen molar-refractivity contribution in [3.63, 3.8) is 0 Å². The minimum absolute atomic E-state index is 0.307. The zero-order chi connectivity index (χ0) is 17.9. The van der Waals surface area contributed by atoms with Crippen LogP contribution in [0.1, 0.15) is 22.8 Å². The van der Waals surface area contributed by atoms with Crippen LogP contribution in [0, 0.1) is 9.39 Å². The van der Waals surface area contributed by atoms with Crippen molar-refractivity contribution in [3.8, 4) is 5.75 Å². The predicted octanol–water partition coefficient (Wildman–Crippen LogP) is 4.50. The van der Waals surface area contributed by atoms with E-state index in [4.69, 9.17) is 4.74 Å². The van der Waals surface area contributed by atoms with Crippen molar-refractivity contribution >= 4 is 34.3 Å². The number of hydrogen-bond donors (Lipinski definition) is 1. The van der Waals surface area contributed by atoms with Crippen molar-refractivity contribution in [2.24, 2.45) is 0 Å². The Balaban J connectivity index is 2.29. The van der Waals surface area contributed by atoms with Crippen LogP contribution in [-0.2, 0) is 6.18 Å². The second-order valence-corrected chi connectivity index (χ2v) is 5.74. The lowest BCUT2D eigenvalue weighted by Gasteiger charge is -2.11. The summed E-state index contributed by atoms with van der Waals surface area (Å²) in [6.07, 6.45) is -3.66. The Kier molecular flexibility index (Phi) is 5.62. The van der Waals surface area contributed by atoms with Crippen LogP contribution in [-0.4, -0.2) is 17.5 Å². The number of nitrogens with one attached hydrogen (secondary N) is 1. The van der Waals surface area contributed by atoms with Gasteiger partial charge in [-0.05, 0) is 53.8 Å². The third-order valence-electron chi connectivity index (χ3n) is 2.89. The largest absolute Gasteiger partial charge is 0.493 e. The molecule has 0 spiro atoms. The molecule has 0 radical (unpaired) electrons. The Bertz CT molecular complexity index is 766. The van der Waals surface area contributed by atoms with Gasteiger partial charge in [0, 0.05) is 6.20 Å². The normalized spacial score (nSPS) is 11.2. The highest BCUT2D eigenvalue weighted by molar-refractivity contribution is 14.1. The third-order valence-corrected chi connectivity index (χ3v) is 3.74. The summed E-state index contributed by atoms with van der Waals surface area (Å²) in [5.74, 6) is -1.75. The van der Waals surface area contributed by atoms with Crippen LogP contribution < -0.4 is 10.1 Å². The van der Waals surface area contributed by atoms with Crippen LogP contribution in [0.4, 0.5) is 23.4 Å². The van der Waals surface area contributed by atoms with Gasteiger partial charge in [-0.1, -0.05) is 0 Å². The average Bonchev–Trinajstić information content (AvgIpc) is 2.49. The van der Waals surface area contributed by atoms with E-state index < -0.39 is 23.5 Å². The molecule has 1 amide bonds. The number of benzene rings is 1. The van der Waals surface area contributed by atoms with Crippen molar-refractivity contribution in [3.05, 3.63) is 51.0 Å². The molecule has 9 heteroatoms. The lowest BCUT2D eigenvalue weighted by Crippen LogP contribution is -2.16. The second-order valence-electron chi connectivity index (χ2n) is 4.58. The van der Waals surface area contributed by atoms with Gasteiger partial charge in [-0.3, -0.25) is 4.79 Å². The number of alkyl halides is 3. The lowest BCUT2D eigenvalue weighted by atomic mass is 10.2. The third kappa shape index (κ3) is 4.34. The molecule has 0 unspecified atom stereocenters. The summed E-state index contributed by atoms with van der Waals surface area (Å²) >= 11 is 1.85. The van der Waals surface area contributed by atoms with Crippen molar-refractivity contribution in [1.29, 1.82) is 0 Å². The van der Waals surface area contributed by atoms with Gasteiger partial charge in [0.05, 0.1) is 21.3 Å². The number of hydrogen-bond acceptors (Lipinski definition) is 3. The Morgan fingerprint density at radius 1 is 1.33 bits per heavy atom. The first-order valence-corrected chi connectivity index (χ1v) is 7.76. The first-order valence-electron chi connectivity index (χ1n) is 6.68. The molecular weight excluding hydrogens is 443 g/mol. The zero-order valence-corrected chi connectivity index (χ0v) is 14.4. The minimum Gasteiger partial charge on any atom is -0.493 e. The summed E-state index contributed by atoms with van der Waals surface area (Å²) in [5.41, 5.74) is -1.32. The molecule has 1 aromatic carbocycles. The maximum absolute atomic E-state index is 14.0. The van der Waals surface area contributed by atoms with Gasteiger partial charge >= 0.3 is 6.18 Å². The number of rotatable bonds is 4. The van der Waals surface area contributed by atoms with E-state index in [1.54, 1.807) is 6.92 Å². The van der Waals surface area contributed by atoms with E-state index in [0.717, 1.165) is 18.3 Å². The number of carbonyl (C=O) groups is 1. The summed E-state index contributed by atoms with van der Waals surface area (Å²) in [7, 11) is 0. The average molecular weight is 454 g/mol. The van der Waals surface area contributed by atoms with E-state index in [1.165, 1.54) is 6.07 Å². The number of pyridine rings is 1. The molecule has 0 aliphatic heterocycles. The van der Waals surface area contributed by atoms with Crippen molar-refractivity contribution in [2.45, 2.75) is 13.1 Å². The van der Waals surface area contributed by atoms with E-state index >= 15 is 0 Å². The van der Waals surface area contributed by atoms with E-state index in [-0.39, 0.29) is 11.4 Å². The fourth-order valence-corrected chi connectivity index (χ4v) is 2.41. The van der Waals surface area contributed by atoms with Crippen molar-refractivity contribution < 1.29 is 27.1 Å². The summed E-state index contributed by atoms with van der Waals surface area (Å²) < 4.78 is 57.7. The maximum Gasteiger partial charge on any atom is 0.416 e. The van der Waals surface area contributed by atoms with Gasteiger partial charge in [0.15, 0.2) is 0 Å². The van der Waals surface area contributed by atoms with Gasteiger partial charge in [-0.15, -0.1) is 0 Å². The fourth-order valence-electron chi connectivity index (χ4n) is 1.83. The number of anilines is 1. The Morgan fingerprint density at radius 3 is 2.67 bits per heavy atom. The van der Waals surface area contributed by atoms with Gasteiger partial charge in [0.25, 0.3) is 5.91 Å². The molecule has 0 atom stereocenters. The number of aromatic nitrogens is 1. The SMILES string of the molecule is CCOc1cc(C(=O)Nc2cc(C(F)(F)F)ccn2)c(F)cc1I. The highest BCUT2D eigenvalue weighted by atomic mass is 127. The maximum atomic E-state index is 14.0. The Morgan fingerprint density at radius 2 is 2.04 bits per heavy atom. The standard InChI is InChI=1S/C15H11F4IN2O2/c1-2-24-12-6-9(10(16)7-11(12)20)14(23)22-13-5-8(3-4-21-13)15(17,18)19/h3-7H,2H2,1H3,(H,21,22,23). The molecule has 2 aromatic rings. The van der Waals surface area contributed by atoms with E-state index in [1.807, 2.05) is 22.6 Å². The van der Waals surface area contributed by atoms with Crippen molar-refractivity contribution in [1.82, 2.24) is 4.98 Å². The molecule has 128 valence electrons. The topological polar surface area (TPSA) is 51.2 Å². The van der Waals surface area contributed by atoms with Gasteiger partial charge in [0.1, 0.15) is 17.4 Å². The molecule has 1 N–H and O–H groups in total. The molecule has 0 saturated heterocycles. The molecule has 2 rings (SSSR count). The zero-order valence-electron chi connectivity index (χ0n) is 12.2. The first kappa shape index (κ1) is 18.4. The number of ether oxygens (including phenoxy) is 1.